The Balaban J connectivity index is 1.50. The fourth-order valence-corrected chi connectivity index (χ4v) is 3.63. The monoisotopic (exact) mass is 477 g/mol. The molecule has 0 aliphatic carbocycles. The molecule has 1 aliphatic rings. The predicted molar refractivity (Wildman–Crippen MR) is 115 cm³/mol. The number of benzene rings is 1. The summed E-state index contributed by atoms with van der Waals surface area (Å²) in [7, 11) is 0. The van der Waals surface area contributed by atoms with E-state index >= 15 is 0 Å². The lowest BCUT2D eigenvalue weighted by Crippen LogP contribution is -2.43. The summed E-state index contributed by atoms with van der Waals surface area (Å²) in [6, 6.07) is 10.4. The van der Waals surface area contributed by atoms with Crippen LogP contribution in [0.5, 0.6) is 0 Å². The zero-order valence-corrected chi connectivity index (χ0v) is 18.1. The maximum absolute atomic E-state index is 12.6. The van der Waals surface area contributed by atoms with Crippen molar-refractivity contribution in [2.24, 2.45) is 5.92 Å². The Hall–Kier alpha value is -2.25. The zero-order valence-electron chi connectivity index (χ0n) is 15.7. The van der Waals surface area contributed by atoms with Crippen molar-refractivity contribution in [3.8, 4) is 0 Å². The Morgan fingerprint density at radius 1 is 1.14 bits per heavy atom. The van der Waals surface area contributed by atoms with Crippen LogP contribution in [0.1, 0.15) is 36.0 Å². The fourth-order valence-electron chi connectivity index (χ4n) is 3.25. The van der Waals surface area contributed by atoms with Crippen LogP contribution in [0, 0.1) is 5.92 Å². The van der Waals surface area contributed by atoms with Crippen LogP contribution >= 0.6 is 27.5 Å². The Labute approximate surface area is 182 Å². The van der Waals surface area contributed by atoms with Crippen LogP contribution in [-0.2, 0) is 9.59 Å². The first-order chi connectivity index (χ1) is 13.9. The molecule has 1 N–H and O–H groups in total. The van der Waals surface area contributed by atoms with Crippen molar-refractivity contribution in [2.45, 2.75) is 25.7 Å². The van der Waals surface area contributed by atoms with Crippen LogP contribution in [-0.4, -0.2) is 40.6 Å². The molecule has 6 nitrogen and oxygen atoms in total. The van der Waals surface area contributed by atoms with Gasteiger partial charge in [-0.3, -0.25) is 14.4 Å². The molecular formula is C21H21BrClN3O3. The number of halogens is 2. The van der Waals surface area contributed by atoms with Crippen LogP contribution in [0.4, 0.5) is 5.82 Å². The lowest BCUT2D eigenvalue weighted by molar-refractivity contribution is -0.134. The average molecular weight is 479 g/mol. The van der Waals surface area contributed by atoms with Crippen molar-refractivity contribution in [3.05, 3.63) is 57.7 Å². The minimum absolute atomic E-state index is 0.0639. The molecule has 0 spiro atoms. The molecule has 1 aromatic carbocycles. The summed E-state index contributed by atoms with van der Waals surface area (Å²) < 4.78 is 0.900. The summed E-state index contributed by atoms with van der Waals surface area (Å²) in [5.41, 5.74) is 0.590. The van der Waals surface area contributed by atoms with Gasteiger partial charge >= 0.3 is 0 Å². The van der Waals surface area contributed by atoms with Gasteiger partial charge in [0.2, 0.25) is 11.8 Å². The molecule has 3 rings (SSSR count). The van der Waals surface area contributed by atoms with Gasteiger partial charge in [-0.25, -0.2) is 4.98 Å². The van der Waals surface area contributed by atoms with Crippen molar-refractivity contribution in [2.75, 3.05) is 18.4 Å². The van der Waals surface area contributed by atoms with Crippen molar-refractivity contribution >= 4 is 50.9 Å². The molecule has 2 heterocycles. The average Bonchev–Trinajstić information content (AvgIpc) is 2.74. The van der Waals surface area contributed by atoms with Gasteiger partial charge in [0.15, 0.2) is 5.78 Å². The second kappa shape index (κ2) is 9.98. The molecule has 0 radical (unpaired) electrons. The van der Waals surface area contributed by atoms with Crippen molar-refractivity contribution in [1.82, 2.24) is 9.88 Å². The maximum Gasteiger partial charge on any atom is 0.230 e. The summed E-state index contributed by atoms with van der Waals surface area (Å²) in [6.45, 7) is 0.957. The molecule has 1 aliphatic heterocycles. The second-order valence-electron chi connectivity index (χ2n) is 6.96. The number of nitrogens with zero attached hydrogens (tertiary/aromatic N) is 2. The fraction of sp³-hybridized carbons (Fsp3) is 0.333. The van der Waals surface area contributed by atoms with Crippen molar-refractivity contribution in [1.29, 1.82) is 0 Å². The molecule has 1 saturated heterocycles. The van der Waals surface area contributed by atoms with E-state index in [4.69, 9.17) is 11.6 Å². The number of rotatable bonds is 6. The number of aromatic nitrogens is 1. The molecular weight excluding hydrogens is 458 g/mol. The van der Waals surface area contributed by atoms with E-state index in [0.717, 1.165) is 10.9 Å². The summed E-state index contributed by atoms with van der Waals surface area (Å²) in [4.78, 5) is 43.1. The molecule has 152 valence electrons. The highest BCUT2D eigenvalue weighted by Crippen LogP contribution is 2.20. The number of pyridine rings is 1. The SMILES string of the molecule is O=C(CCC(=O)N1CCCC(C(=O)Nc2ccc(Cl)cn2)C1)c1ccc(Br)cc1. The van der Waals surface area contributed by atoms with Crippen molar-refractivity contribution < 1.29 is 14.4 Å². The molecule has 0 bridgehead atoms. The third-order valence-corrected chi connectivity index (χ3v) is 5.61. The van der Waals surface area contributed by atoms with E-state index in [1.54, 1.807) is 41.3 Å². The molecule has 1 unspecified atom stereocenters. The molecule has 1 fully saturated rings. The van der Waals surface area contributed by atoms with Gasteiger partial charge in [0.05, 0.1) is 10.9 Å². The first-order valence-electron chi connectivity index (χ1n) is 9.41. The normalized spacial score (nSPS) is 16.3. The van der Waals surface area contributed by atoms with Gasteiger partial charge in [-0.2, -0.15) is 0 Å². The van der Waals surface area contributed by atoms with Gasteiger partial charge in [0.1, 0.15) is 5.82 Å². The molecule has 1 aromatic heterocycles. The number of hydrogen-bond acceptors (Lipinski definition) is 4. The van der Waals surface area contributed by atoms with E-state index in [1.807, 2.05) is 0 Å². The Morgan fingerprint density at radius 3 is 2.59 bits per heavy atom. The lowest BCUT2D eigenvalue weighted by atomic mass is 9.96. The second-order valence-corrected chi connectivity index (χ2v) is 8.31. The van der Waals surface area contributed by atoms with Gasteiger partial charge in [-0.1, -0.05) is 39.7 Å². The van der Waals surface area contributed by atoms with Crippen LogP contribution in [0.3, 0.4) is 0 Å². The smallest absolute Gasteiger partial charge is 0.230 e. The summed E-state index contributed by atoms with van der Waals surface area (Å²) in [6.07, 6.45) is 3.22. The first kappa shape index (κ1) is 21.5. The van der Waals surface area contributed by atoms with Crippen molar-refractivity contribution in [3.63, 3.8) is 0 Å². The van der Waals surface area contributed by atoms with Gasteiger partial charge in [0, 0.05) is 42.2 Å². The number of amides is 2. The number of likely N-dealkylation sites (tertiary alicyclic amines) is 1. The predicted octanol–water partition coefficient (Wildman–Crippen LogP) is 4.34. The minimum Gasteiger partial charge on any atom is -0.342 e. The number of nitrogens with one attached hydrogen (secondary N) is 1. The number of piperidine rings is 1. The molecule has 1 atom stereocenters. The number of carbonyl (C=O) groups excluding carboxylic acids is 3. The third-order valence-electron chi connectivity index (χ3n) is 4.86. The maximum atomic E-state index is 12.6. The topological polar surface area (TPSA) is 79.4 Å². The number of anilines is 1. The van der Waals surface area contributed by atoms with Gasteiger partial charge in [0.25, 0.3) is 0 Å². The summed E-state index contributed by atoms with van der Waals surface area (Å²) in [5.74, 6) is -0.192. The lowest BCUT2D eigenvalue weighted by Gasteiger charge is -2.32. The van der Waals surface area contributed by atoms with Gasteiger partial charge < -0.3 is 10.2 Å². The quantitative estimate of drug-likeness (QED) is 0.627. The minimum atomic E-state index is -0.299. The first-order valence-corrected chi connectivity index (χ1v) is 10.6. The van der Waals surface area contributed by atoms with E-state index in [9.17, 15) is 14.4 Å². The number of carbonyl (C=O) groups is 3. The van der Waals surface area contributed by atoms with Gasteiger partial charge in [-0.05, 0) is 37.1 Å². The number of Topliss-reactive ketones (excluding diaryl/α,β-unsaturated/α-hetero) is 1. The third kappa shape index (κ3) is 6.11. The van der Waals surface area contributed by atoms with E-state index in [0.29, 0.717) is 35.9 Å². The van der Waals surface area contributed by atoms with Crippen LogP contribution in [0.25, 0.3) is 0 Å². The van der Waals surface area contributed by atoms with Crippen LogP contribution in [0.15, 0.2) is 47.1 Å². The highest BCUT2D eigenvalue weighted by atomic mass is 79.9. The summed E-state index contributed by atoms with van der Waals surface area (Å²) in [5, 5.41) is 3.27. The van der Waals surface area contributed by atoms with Gasteiger partial charge in [-0.15, -0.1) is 0 Å². The van der Waals surface area contributed by atoms with Crippen LogP contribution in [0.2, 0.25) is 5.02 Å². The van der Waals surface area contributed by atoms with E-state index in [2.05, 4.69) is 26.2 Å². The number of ketones is 1. The van der Waals surface area contributed by atoms with E-state index < -0.39 is 0 Å². The molecule has 2 amide bonds. The van der Waals surface area contributed by atoms with E-state index in [1.165, 1.54) is 6.20 Å². The number of hydrogen-bond donors (Lipinski definition) is 1. The molecule has 29 heavy (non-hydrogen) atoms. The Morgan fingerprint density at radius 2 is 1.90 bits per heavy atom. The zero-order chi connectivity index (χ0) is 20.8. The Kier molecular flexibility index (Phi) is 7.39. The standard InChI is InChI=1S/C21H21BrClN3O3/c22-16-5-3-14(4-6-16)18(27)8-10-20(28)26-11-1-2-15(13-26)21(29)25-19-9-7-17(23)12-24-19/h3-7,9,12,15H,1-2,8,10-11,13H2,(H,24,25,29). The van der Waals surface area contributed by atoms with E-state index in [-0.39, 0.29) is 36.4 Å². The molecule has 2 aromatic rings. The highest BCUT2D eigenvalue weighted by molar-refractivity contribution is 9.10. The highest BCUT2D eigenvalue weighted by Gasteiger charge is 2.28. The molecule has 8 heteroatoms. The van der Waals surface area contributed by atoms with Crippen LogP contribution < -0.4 is 5.32 Å². The summed E-state index contributed by atoms with van der Waals surface area (Å²) >= 11 is 9.14. The Bertz CT molecular complexity index is 887. The molecule has 0 saturated carbocycles. The largest absolute Gasteiger partial charge is 0.342 e.